The minimum absolute atomic E-state index is 0.666. The maximum atomic E-state index is 5.27. The quantitative estimate of drug-likeness (QED) is 0.789. The molecular weight excluding hydrogens is 210 g/mol. The maximum absolute atomic E-state index is 5.27. The fraction of sp³-hybridized carbons (Fsp3) is 0.300. The smallest absolute Gasteiger partial charge is 0.197 e. The van der Waals surface area contributed by atoms with Crippen molar-refractivity contribution in [2.24, 2.45) is 0 Å². The van der Waals surface area contributed by atoms with E-state index in [0.717, 1.165) is 16.8 Å². The summed E-state index contributed by atoms with van der Waals surface area (Å²) in [6.45, 7) is 0. The normalized spacial score (nSPS) is 10.6. The van der Waals surface area contributed by atoms with Gasteiger partial charge in [0.15, 0.2) is 4.77 Å². The van der Waals surface area contributed by atoms with Crippen LogP contribution in [0.2, 0.25) is 0 Å². The Morgan fingerprint density at radius 1 is 1.40 bits per heavy atom. The van der Waals surface area contributed by atoms with Crippen LogP contribution in [0.3, 0.4) is 0 Å². The van der Waals surface area contributed by atoms with Gasteiger partial charge in [-0.05, 0) is 24.4 Å². The van der Waals surface area contributed by atoms with E-state index in [2.05, 4.69) is 4.98 Å². The second-order valence-corrected chi connectivity index (χ2v) is 3.83. The number of H-pyrrole nitrogens is 1. The molecule has 4 nitrogen and oxygen atoms in total. The monoisotopic (exact) mass is 223 g/mol. The number of nitrogens with one attached hydrogen (secondary N) is 1. The Morgan fingerprint density at radius 3 is 2.73 bits per heavy atom. The molecule has 1 N–H and O–H groups in total. The van der Waals surface area contributed by atoms with Crippen LogP contribution in [0.5, 0.6) is 5.75 Å². The van der Waals surface area contributed by atoms with Gasteiger partial charge in [-0.1, -0.05) is 6.07 Å². The van der Waals surface area contributed by atoms with Gasteiger partial charge in [0.25, 0.3) is 0 Å². The topological polar surface area (TPSA) is 33.2 Å². The molecule has 0 aliphatic carbocycles. The lowest BCUT2D eigenvalue weighted by Crippen LogP contribution is -2.24. The van der Waals surface area contributed by atoms with Gasteiger partial charge in [-0.25, -0.2) is 4.68 Å². The number of aromatic amines is 1. The zero-order valence-corrected chi connectivity index (χ0v) is 9.76. The number of nitrogens with zero attached hydrogens (tertiary/aromatic N) is 2. The van der Waals surface area contributed by atoms with E-state index in [-0.39, 0.29) is 0 Å². The molecule has 80 valence electrons. The minimum atomic E-state index is 0.666. The highest BCUT2D eigenvalue weighted by Gasteiger charge is 2.09. The summed E-state index contributed by atoms with van der Waals surface area (Å²) in [6, 6.07) is 5.86. The molecule has 0 atom stereocenters. The van der Waals surface area contributed by atoms with Crippen LogP contribution >= 0.6 is 12.2 Å². The second-order valence-electron chi connectivity index (χ2n) is 3.44. The predicted octanol–water partition coefficient (Wildman–Crippen LogP) is 1.91. The van der Waals surface area contributed by atoms with Crippen molar-refractivity contribution in [3.05, 3.63) is 23.0 Å². The van der Waals surface area contributed by atoms with E-state index in [4.69, 9.17) is 17.0 Å². The van der Waals surface area contributed by atoms with Crippen LogP contribution < -0.4 is 9.75 Å². The van der Waals surface area contributed by atoms with E-state index in [1.807, 2.05) is 42.0 Å². The van der Waals surface area contributed by atoms with Gasteiger partial charge >= 0.3 is 0 Å². The van der Waals surface area contributed by atoms with Gasteiger partial charge in [-0.15, -0.1) is 0 Å². The Hall–Kier alpha value is -1.49. The van der Waals surface area contributed by atoms with Crippen molar-refractivity contribution < 1.29 is 4.74 Å². The van der Waals surface area contributed by atoms with Crippen molar-refractivity contribution in [2.45, 2.75) is 0 Å². The highest BCUT2D eigenvalue weighted by Crippen LogP contribution is 2.24. The van der Waals surface area contributed by atoms with Crippen molar-refractivity contribution in [2.75, 3.05) is 26.2 Å². The summed E-state index contributed by atoms with van der Waals surface area (Å²) >= 11 is 5.25. The molecule has 2 aromatic rings. The van der Waals surface area contributed by atoms with E-state index < -0.39 is 0 Å². The maximum Gasteiger partial charge on any atom is 0.197 e. The lowest BCUT2D eigenvalue weighted by atomic mass is 10.3. The molecule has 2 rings (SSSR count). The molecule has 0 bridgehead atoms. The molecule has 1 aromatic heterocycles. The van der Waals surface area contributed by atoms with Gasteiger partial charge in [0.2, 0.25) is 0 Å². The molecule has 0 saturated carbocycles. The minimum Gasteiger partial charge on any atom is -0.494 e. The summed E-state index contributed by atoms with van der Waals surface area (Å²) in [5, 5.41) is 1.93. The Morgan fingerprint density at radius 2 is 2.13 bits per heavy atom. The van der Waals surface area contributed by atoms with Gasteiger partial charge in [-0.2, -0.15) is 0 Å². The van der Waals surface area contributed by atoms with Crippen molar-refractivity contribution in [3.63, 3.8) is 0 Å². The molecule has 1 heterocycles. The summed E-state index contributed by atoms with van der Waals surface area (Å²) in [5.74, 6) is 0.805. The number of imidazole rings is 1. The van der Waals surface area contributed by atoms with Crippen LogP contribution in [-0.2, 0) is 0 Å². The molecule has 0 fully saturated rings. The molecule has 0 aliphatic rings. The number of benzene rings is 1. The molecule has 0 spiro atoms. The fourth-order valence-electron chi connectivity index (χ4n) is 1.66. The standard InChI is InChI=1S/C10H13N3OS/c1-12(2)13-7-5-4-6-8(14-3)9(7)11-10(13)15/h4-6H,1-3H3,(H,11,15). The largest absolute Gasteiger partial charge is 0.494 e. The number of hydrogen-bond donors (Lipinski definition) is 1. The summed E-state index contributed by atoms with van der Waals surface area (Å²) in [5.41, 5.74) is 1.95. The summed E-state index contributed by atoms with van der Waals surface area (Å²) < 4.78 is 7.86. The first-order chi connectivity index (χ1) is 7.15. The molecule has 15 heavy (non-hydrogen) atoms. The van der Waals surface area contributed by atoms with Gasteiger partial charge in [0.1, 0.15) is 11.3 Å². The van der Waals surface area contributed by atoms with Gasteiger partial charge in [0, 0.05) is 14.1 Å². The van der Waals surface area contributed by atoms with Crippen LogP contribution in [0.25, 0.3) is 11.0 Å². The summed E-state index contributed by atoms with van der Waals surface area (Å²) in [6.07, 6.45) is 0. The Bertz CT molecular complexity index is 541. The van der Waals surface area contributed by atoms with E-state index in [9.17, 15) is 0 Å². The number of fused-ring (bicyclic) bond motifs is 1. The third-order valence-corrected chi connectivity index (χ3v) is 2.55. The SMILES string of the molecule is COc1cccc2c1[nH]c(=S)n2N(C)C. The summed E-state index contributed by atoms with van der Waals surface area (Å²) in [7, 11) is 5.55. The molecule has 0 saturated heterocycles. The average Bonchev–Trinajstić information content (AvgIpc) is 2.53. The summed E-state index contributed by atoms with van der Waals surface area (Å²) in [4.78, 5) is 3.14. The lowest BCUT2D eigenvalue weighted by Gasteiger charge is -2.14. The van der Waals surface area contributed by atoms with Gasteiger partial charge in [-0.3, -0.25) is 0 Å². The lowest BCUT2D eigenvalue weighted by molar-refractivity contribution is 0.419. The fourth-order valence-corrected chi connectivity index (χ4v) is 2.02. The second kappa shape index (κ2) is 3.58. The predicted molar refractivity (Wildman–Crippen MR) is 63.7 cm³/mol. The molecule has 0 aliphatic heterocycles. The van der Waals surface area contributed by atoms with Crippen molar-refractivity contribution in [1.29, 1.82) is 0 Å². The zero-order valence-electron chi connectivity index (χ0n) is 8.94. The molecule has 1 aromatic carbocycles. The first-order valence-electron chi connectivity index (χ1n) is 4.60. The van der Waals surface area contributed by atoms with Crippen LogP contribution in [0.15, 0.2) is 18.2 Å². The first kappa shape index (κ1) is 10.0. The average molecular weight is 223 g/mol. The molecule has 0 amide bonds. The number of hydrogen-bond acceptors (Lipinski definition) is 3. The van der Waals surface area contributed by atoms with Crippen molar-refractivity contribution in [3.8, 4) is 5.75 Å². The number of rotatable bonds is 2. The van der Waals surface area contributed by atoms with Crippen LogP contribution in [0, 0.1) is 4.77 Å². The van der Waals surface area contributed by atoms with Crippen molar-refractivity contribution >= 4 is 23.3 Å². The van der Waals surface area contributed by atoms with E-state index >= 15 is 0 Å². The van der Waals surface area contributed by atoms with Crippen LogP contribution in [-0.4, -0.2) is 30.9 Å². The Kier molecular flexibility index (Phi) is 2.40. The van der Waals surface area contributed by atoms with E-state index in [0.29, 0.717) is 4.77 Å². The third kappa shape index (κ3) is 1.48. The van der Waals surface area contributed by atoms with E-state index in [1.54, 1.807) is 7.11 Å². The van der Waals surface area contributed by atoms with Gasteiger partial charge in [0.05, 0.1) is 12.6 Å². The molecule has 0 radical (unpaired) electrons. The number of aromatic nitrogens is 2. The third-order valence-electron chi connectivity index (χ3n) is 2.28. The highest BCUT2D eigenvalue weighted by atomic mass is 32.1. The van der Waals surface area contributed by atoms with Crippen molar-refractivity contribution in [1.82, 2.24) is 9.66 Å². The number of para-hydroxylation sites is 1. The Balaban J connectivity index is 2.84. The first-order valence-corrected chi connectivity index (χ1v) is 5.01. The van der Waals surface area contributed by atoms with Crippen LogP contribution in [0.4, 0.5) is 0 Å². The Labute approximate surface area is 93.0 Å². The van der Waals surface area contributed by atoms with Gasteiger partial charge < -0.3 is 14.7 Å². The van der Waals surface area contributed by atoms with Crippen LogP contribution in [0.1, 0.15) is 0 Å². The highest BCUT2D eigenvalue weighted by molar-refractivity contribution is 7.71. The number of methoxy groups -OCH3 is 1. The van der Waals surface area contributed by atoms with E-state index in [1.165, 1.54) is 0 Å². The number of ether oxygens (including phenoxy) is 1. The molecule has 0 unspecified atom stereocenters. The zero-order chi connectivity index (χ0) is 11.0. The molecule has 5 heteroatoms. The molecular formula is C10H13N3OS.